The van der Waals surface area contributed by atoms with Crippen LogP contribution in [0.2, 0.25) is 0 Å². The number of aryl methyl sites for hydroxylation is 1. The fourth-order valence-electron chi connectivity index (χ4n) is 1.60. The smallest absolute Gasteiger partial charge is 0.335 e. The molecule has 0 spiro atoms. The number of hydrogen-bond donors (Lipinski definition) is 1. The number of carbonyl (C=O) groups is 2. The molecular formula is C12H14O4. The first-order valence-corrected chi connectivity index (χ1v) is 4.99. The zero-order valence-corrected chi connectivity index (χ0v) is 9.53. The van der Waals surface area contributed by atoms with Crippen molar-refractivity contribution in [1.29, 1.82) is 0 Å². The first kappa shape index (κ1) is 12.2. The monoisotopic (exact) mass is 222 g/mol. The molecule has 0 fully saturated rings. The maximum absolute atomic E-state index is 11.4. The highest BCUT2D eigenvalue weighted by atomic mass is 16.5. The van der Waals surface area contributed by atoms with Crippen LogP contribution < -0.4 is 4.74 Å². The maximum atomic E-state index is 11.4. The molecule has 0 aliphatic carbocycles. The van der Waals surface area contributed by atoms with Gasteiger partial charge in [-0.05, 0) is 38.5 Å². The second kappa shape index (κ2) is 4.79. The summed E-state index contributed by atoms with van der Waals surface area (Å²) in [6.45, 7) is 5.31. The van der Waals surface area contributed by atoms with E-state index in [9.17, 15) is 9.59 Å². The van der Waals surface area contributed by atoms with Crippen molar-refractivity contribution in [2.45, 2.75) is 20.8 Å². The topological polar surface area (TPSA) is 63.6 Å². The molecule has 1 aromatic carbocycles. The Hall–Kier alpha value is -1.84. The van der Waals surface area contributed by atoms with E-state index in [4.69, 9.17) is 9.84 Å². The van der Waals surface area contributed by atoms with E-state index in [1.807, 2.05) is 0 Å². The van der Waals surface area contributed by atoms with E-state index < -0.39 is 5.97 Å². The summed E-state index contributed by atoms with van der Waals surface area (Å²) in [5.41, 5.74) is 1.20. The van der Waals surface area contributed by atoms with Crippen LogP contribution in [0.25, 0.3) is 0 Å². The van der Waals surface area contributed by atoms with E-state index in [1.165, 1.54) is 19.1 Å². The standard InChI is InChI=1S/C12H14O4/c1-4-16-10-6-9(12(14)15)5-7(2)11(10)8(3)13/h5-6H,4H2,1-3H3,(H,14,15). The van der Waals surface area contributed by atoms with E-state index in [2.05, 4.69) is 0 Å². The number of carbonyl (C=O) groups excluding carboxylic acids is 1. The lowest BCUT2D eigenvalue weighted by Crippen LogP contribution is -2.06. The Balaban J connectivity index is 3.38. The zero-order chi connectivity index (χ0) is 12.3. The largest absolute Gasteiger partial charge is 0.493 e. The molecule has 0 unspecified atom stereocenters. The van der Waals surface area contributed by atoms with Gasteiger partial charge in [0.1, 0.15) is 5.75 Å². The summed E-state index contributed by atoms with van der Waals surface area (Å²) in [6.07, 6.45) is 0. The molecule has 0 atom stereocenters. The van der Waals surface area contributed by atoms with Crippen LogP contribution in [0.1, 0.15) is 40.1 Å². The van der Waals surface area contributed by atoms with Crippen molar-refractivity contribution in [2.75, 3.05) is 6.61 Å². The molecule has 0 heterocycles. The van der Waals surface area contributed by atoms with Gasteiger partial charge in [0.25, 0.3) is 0 Å². The van der Waals surface area contributed by atoms with Gasteiger partial charge in [0.05, 0.1) is 17.7 Å². The van der Waals surface area contributed by atoms with Gasteiger partial charge in [-0.15, -0.1) is 0 Å². The Morgan fingerprint density at radius 1 is 1.38 bits per heavy atom. The number of carboxylic acid groups (broad SMARTS) is 1. The fraction of sp³-hybridized carbons (Fsp3) is 0.333. The highest BCUT2D eigenvalue weighted by Crippen LogP contribution is 2.25. The Bertz CT molecular complexity index is 435. The van der Waals surface area contributed by atoms with E-state index in [0.717, 1.165) is 0 Å². The normalized spacial score (nSPS) is 9.94. The second-order valence-corrected chi connectivity index (χ2v) is 3.46. The molecule has 0 saturated carbocycles. The summed E-state index contributed by atoms with van der Waals surface area (Å²) in [7, 11) is 0. The number of benzene rings is 1. The van der Waals surface area contributed by atoms with Gasteiger partial charge in [0.15, 0.2) is 5.78 Å². The van der Waals surface area contributed by atoms with Gasteiger partial charge in [-0.1, -0.05) is 0 Å². The van der Waals surface area contributed by atoms with Crippen molar-refractivity contribution < 1.29 is 19.4 Å². The molecule has 86 valence electrons. The molecule has 4 heteroatoms. The Morgan fingerprint density at radius 3 is 2.44 bits per heavy atom. The number of aromatic carboxylic acids is 1. The molecule has 0 aromatic heterocycles. The summed E-state index contributed by atoms with van der Waals surface area (Å²) in [5.74, 6) is -0.815. The van der Waals surface area contributed by atoms with Gasteiger partial charge in [0, 0.05) is 0 Å². The van der Waals surface area contributed by atoms with Crippen molar-refractivity contribution in [3.8, 4) is 5.75 Å². The summed E-state index contributed by atoms with van der Waals surface area (Å²) in [6, 6.07) is 2.86. The number of Topliss-reactive ketones (excluding diaryl/α,β-unsaturated/α-hetero) is 1. The summed E-state index contributed by atoms with van der Waals surface area (Å²) < 4.78 is 5.29. The van der Waals surface area contributed by atoms with Crippen molar-refractivity contribution in [2.24, 2.45) is 0 Å². The second-order valence-electron chi connectivity index (χ2n) is 3.46. The van der Waals surface area contributed by atoms with Crippen molar-refractivity contribution in [3.05, 3.63) is 28.8 Å². The average molecular weight is 222 g/mol. The minimum absolute atomic E-state index is 0.127. The Morgan fingerprint density at radius 2 is 2.00 bits per heavy atom. The molecule has 0 radical (unpaired) electrons. The lowest BCUT2D eigenvalue weighted by molar-refractivity contribution is 0.0695. The highest BCUT2D eigenvalue weighted by Gasteiger charge is 2.15. The summed E-state index contributed by atoms with van der Waals surface area (Å²) >= 11 is 0. The Kier molecular flexibility index (Phi) is 3.66. The summed E-state index contributed by atoms with van der Waals surface area (Å²) in [5, 5.41) is 8.89. The minimum atomic E-state index is -1.03. The molecule has 1 aromatic rings. The maximum Gasteiger partial charge on any atom is 0.335 e. The molecular weight excluding hydrogens is 208 g/mol. The van der Waals surface area contributed by atoms with Crippen LogP contribution in [0, 0.1) is 6.92 Å². The number of rotatable bonds is 4. The van der Waals surface area contributed by atoms with E-state index in [0.29, 0.717) is 23.5 Å². The summed E-state index contributed by atoms with van der Waals surface area (Å²) in [4.78, 5) is 22.3. The van der Waals surface area contributed by atoms with E-state index in [-0.39, 0.29) is 11.3 Å². The van der Waals surface area contributed by atoms with Gasteiger partial charge in [0.2, 0.25) is 0 Å². The number of ketones is 1. The van der Waals surface area contributed by atoms with Crippen LogP contribution in [0.15, 0.2) is 12.1 Å². The van der Waals surface area contributed by atoms with E-state index >= 15 is 0 Å². The van der Waals surface area contributed by atoms with Crippen LogP contribution >= 0.6 is 0 Å². The number of carboxylic acids is 1. The third-order valence-electron chi connectivity index (χ3n) is 2.20. The van der Waals surface area contributed by atoms with Gasteiger partial charge in [-0.25, -0.2) is 4.79 Å². The fourth-order valence-corrected chi connectivity index (χ4v) is 1.60. The number of hydrogen-bond acceptors (Lipinski definition) is 3. The molecule has 16 heavy (non-hydrogen) atoms. The third-order valence-corrected chi connectivity index (χ3v) is 2.20. The average Bonchev–Trinajstić information content (AvgIpc) is 2.16. The first-order valence-electron chi connectivity index (χ1n) is 4.99. The third kappa shape index (κ3) is 2.39. The predicted octanol–water partition coefficient (Wildman–Crippen LogP) is 2.29. The van der Waals surface area contributed by atoms with Crippen molar-refractivity contribution in [3.63, 3.8) is 0 Å². The molecule has 0 amide bonds. The van der Waals surface area contributed by atoms with Gasteiger partial charge in [-0.3, -0.25) is 4.79 Å². The van der Waals surface area contributed by atoms with Crippen LogP contribution in [-0.2, 0) is 0 Å². The quantitative estimate of drug-likeness (QED) is 0.794. The highest BCUT2D eigenvalue weighted by molar-refractivity contribution is 6.00. The molecule has 1 N–H and O–H groups in total. The van der Waals surface area contributed by atoms with Gasteiger partial charge in [-0.2, -0.15) is 0 Å². The lowest BCUT2D eigenvalue weighted by Gasteiger charge is -2.11. The lowest BCUT2D eigenvalue weighted by atomic mass is 10.0. The van der Waals surface area contributed by atoms with Crippen molar-refractivity contribution in [1.82, 2.24) is 0 Å². The van der Waals surface area contributed by atoms with Crippen molar-refractivity contribution >= 4 is 11.8 Å². The number of ether oxygens (including phenoxy) is 1. The molecule has 0 aliphatic rings. The molecule has 0 bridgehead atoms. The van der Waals surface area contributed by atoms with E-state index in [1.54, 1.807) is 13.8 Å². The predicted molar refractivity (Wildman–Crippen MR) is 59.3 cm³/mol. The SMILES string of the molecule is CCOc1cc(C(=O)O)cc(C)c1C(C)=O. The van der Waals surface area contributed by atoms with Crippen LogP contribution in [-0.4, -0.2) is 23.5 Å². The Labute approximate surface area is 93.9 Å². The zero-order valence-electron chi connectivity index (χ0n) is 9.53. The molecule has 0 aliphatic heterocycles. The van der Waals surface area contributed by atoms with Crippen LogP contribution in [0.5, 0.6) is 5.75 Å². The van der Waals surface area contributed by atoms with Crippen LogP contribution in [0.4, 0.5) is 0 Å². The minimum Gasteiger partial charge on any atom is -0.493 e. The van der Waals surface area contributed by atoms with Crippen LogP contribution in [0.3, 0.4) is 0 Å². The van der Waals surface area contributed by atoms with Gasteiger partial charge >= 0.3 is 5.97 Å². The molecule has 0 saturated heterocycles. The first-order chi connectivity index (χ1) is 7.47. The molecule has 4 nitrogen and oxygen atoms in total. The molecule has 1 rings (SSSR count). The van der Waals surface area contributed by atoms with Gasteiger partial charge < -0.3 is 9.84 Å².